The normalized spacial score (nSPS) is 9.65. The molecule has 2 aromatic carbocycles. The molecule has 2 rings (SSSR count). The van der Waals surface area contributed by atoms with Crippen molar-refractivity contribution in [2.75, 3.05) is 12.6 Å². The second-order valence-corrected chi connectivity index (χ2v) is 3.93. The van der Waals surface area contributed by atoms with Crippen molar-refractivity contribution in [3.63, 3.8) is 0 Å². The van der Waals surface area contributed by atoms with Crippen LogP contribution in [0.25, 0.3) is 0 Å². The lowest BCUT2D eigenvalue weighted by atomic mass is 10.2. The third-order valence-corrected chi connectivity index (χ3v) is 2.58. The van der Waals surface area contributed by atoms with Crippen LogP contribution < -0.4 is 5.48 Å². The molecule has 0 aromatic heterocycles. The van der Waals surface area contributed by atoms with Gasteiger partial charge in [0.05, 0.1) is 23.9 Å². The van der Waals surface area contributed by atoms with Crippen molar-refractivity contribution in [2.45, 2.75) is 0 Å². The van der Waals surface area contributed by atoms with Crippen molar-refractivity contribution in [2.24, 2.45) is 0 Å². The van der Waals surface area contributed by atoms with Gasteiger partial charge in [0.1, 0.15) is 0 Å². The van der Waals surface area contributed by atoms with Crippen molar-refractivity contribution < 1.29 is 19.2 Å². The van der Waals surface area contributed by atoms with E-state index in [2.05, 4.69) is 10.2 Å². The third kappa shape index (κ3) is 3.35. The maximum atomic E-state index is 11.7. The molecule has 0 radical (unpaired) electrons. The molecule has 0 spiro atoms. The van der Waals surface area contributed by atoms with Gasteiger partial charge in [-0.1, -0.05) is 18.2 Å². The summed E-state index contributed by atoms with van der Waals surface area (Å²) in [6.07, 6.45) is 0. The lowest BCUT2D eigenvalue weighted by Gasteiger charge is -2.07. The topological polar surface area (TPSA) is 64.6 Å². The minimum absolute atomic E-state index is 0.419. The first kappa shape index (κ1) is 13.6. The van der Waals surface area contributed by atoms with E-state index in [1.807, 2.05) is 6.07 Å². The zero-order chi connectivity index (χ0) is 14.4. The maximum Gasteiger partial charge on any atom is 0.362 e. The fourth-order valence-corrected chi connectivity index (χ4v) is 1.53. The first-order chi connectivity index (χ1) is 9.70. The Balaban J connectivity index is 1.94. The number of hydrogen-bond donors (Lipinski definition) is 1. The minimum atomic E-state index is -0.484. The Kier molecular flexibility index (Phi) is 4.34. The fourth-order valence-electron chi connectivity index (χ4n) is 1.53. The first-order valence-corrected chi connectivity index (χ1v) is 5.91. The number of ether oxygens (including phenoxy) is 1. The summed E-state index contributed by atoms with van der Waals surface area (Å²) in [5.41, 5.74) is 3.96. The van der Waals surface area contributed by atoms with E-state index in [-0.39, 0.29) is 0 Å². The average Bonchev–Trinajstić information content (AvgIpc) is 2.53. The van der Waals surface area contributed by atoms with Crippen LogP contribution >= 0.6 is 0 Å². The van der Waals surface area contributed by atoms with Crippen molar-refractivity contribution in [1.29, 1.82) is 0 Å². The summed E-state index contributed by atoms with van der Waals surface area (Å²) in [5, 5.41) is 0. The van der Waals surface area contributed by atoms with Gasteiger partial charge in [0.25, 0.3) is 0 Å². The van der Waals surface area contributed by atoms with Crippen molar-refractivity contribution in [3.05, 3.63) is 65.7 Å². The summed E-state index contributed by atoms with van der Waals surface area (Å²) in [6, 6.07) is 15.0. The summed E-state index contributed by atoms with van der Waals surface area (Å²) in [5.74, 6) is -0.902. The molecule has 20 heavy (non-hydrogen) atoms. The summed E-state index contributed by atoms with van der Waals surface area (Å²) in [4.78, 5) is 27.9. The highest BCUT2D eigenvalue weighted by Gasteiger charge is 2.07. The van der Waals surface area contributed by atoms with Gasteiger partial charge in [0, 0.05) is 0 Å². The second kappa shape index (κ2) is 6.38. The predicted molar refractivity (Wildman–Crippen MR) is 73.3 cm³/mol. The van der Waals surface area contributed by atoms with E-state index in [0.29, 0.717) is 16.8 Å². The van der Waals surface area contributed by atoms with Crippen LogP contribution in [0.5, 0.6) is 0 Å². The van der Waals surface area contributed by atoms with Gasteiger partial charge in [-0.25, -0.2) is 15.1 Å². The van der Waals surface area contributed by atoms with Crippen LogP contribution in [0.3, 0.4) is 0 Å². The van der Waals surface area contributed by atoms with Gasteiger partial charge >= 0.3 is 11.9 Å². The number of benzene rings is 2. The minimum Gasteiger partial charge on any atom is -0.465 e. The Hall–Kier alpha value is -2.82. The van der Waals surface area contributed by atoms with Crippen LogP contribution in [0, 0.1) is 0 Å². The smallest absolute Gasteiger partial charge is 0.362 e. The molecule has 0 saturated carbocycles. The SMILES string of the molecule is COC(=O)c1ccc(NOC(=O)c2ccccc2)cc1. The molecule has 0 amide bonds. The number of rotatable bonds is 4. The molecule has 102 valence electrons. The molecule has 1 N–H and O–H groups in total. The monoisotopic (exact) mass is 271 g/mol. The number of carbonyl (C=O) groups excluding carboxylic acids is 2. The standard InChI is InChI=1S/C15H13NO4/c1-19-14(17)12-7-9-13(10-8-12)16-20-15(18)11-5-3-2-4-6-11/h2-10,16H,1H3. The fraction of sp³-hybridized carbons (Fsp3) is 0.0667. The van der Waals surface area contributed by atoms with E-state index in [4.69, 9.17) is 4.84 Å². The molecule has 0 aliphatic carbocycles. The number of methoxy groups -OCH3 is 1. The summed E-state index contributed by atoms with van der Waals surface area (Å²) in [6.45, 7) is 0. The van der Waals surface area contributed by atoms with Crippen molar-refractivity contribution >= 4 is 17.6 Å². The molecule has 0 aliphatic rings. The molecule has 0 bridgehead atoms. The molecular formula is C15H13NO4. The van der Waals surface area contributed by atoms with Crippen molar-refractivity contribution in [3.8, 4) is 0 Å². The van der Waals surface area contributed by atoms with Gasteiger partial charge in [0.2, 0.25) is 0 Å². The third-order valence-electron chi connectivity index (χ3n) is 2.58. The molecule has 0 atom stereocenters. The lowest BCUT2D eigenvalue weighted by Crippen LogP contribution is -2.10. The lowest BCUT2D eigenvalue weighted by molar-refractivity contribution is 0.0587. The van der Waals surface area contributed by atoms with Crippen molar-refractivity contribution in [1.82, 2.24) is 0 Å². The zero-order valence-electron chi connectivity index (χ0n) is 10.8. The number of hydrogen-bond acceptors (Lipinski definition) is 5. The Morgan fingerprint density at radius 3 is 2.05 bits per heavy atom. The number of carbonyl (C=O) groups is 2. The molecule has 0 saturated heterocycles. The zero-order valence-corrected chi connectivity index (χ0v) is 10.8. The van der Waals surface area contributed by atoms with Gasteiger partial charge in [-0.2, -0.15) is 0 Å². The quantitative estimate of drug-likeness (QED) is 0.684. The molecule has 5 heteroatoms. The van der Waals surface area contributed by atoms with Crippen LogP contribution in [-0.2, 0) is 9.57 Å². The van der Waals surface area contributed by atoms with E-state index in [1.165, 1.54) is 7.11 Å². The second-order valence-electron chi connectivity index (χ2n) is 3.93. The Morgan fingerprint density at radius 2 is 1.45 bits per heavy atom. The van der Waals surface area contributed by atoms with Gasteiger partial charge in [0.15, 0.2) is 0 Å². The van der Waals surface area contributed by atoms with Gasteiger partial charge < -0.3 is 9.57 Å². The Morgan fingerprint density at radius 1 is 0.850 bits per heavy atom. The Bertz CT molecular complexity index is 593. The number of nitrogens with one attached hydrogen (secondary N) is 1. The summed E-state index contributed by atoms with van der Waals surface area (Å²) in [7, 11) is 1.32. The molecule has 2 aromatic rings. The molecule has 0 fully saturated rings. The highest BCUT2D eigenvalue weighted by Crippen LogP contribution is 2.11. The van der Waals surface area contributed by atoms with E-state index in [0.717, 1.165) is 0 Å². The van der Waals surface area contributed by atoms with E-state index >= 15 is 0 Å². The largest absolute Gasteiger partial charge is 0.465 e. The van der Waals surface area contributed by atoms with Gasteiger partial charge in [-0.15, -0.1) is 0 Å². The van der Waals surface area contributed by atoms with Crippen LogP contribution in [0.15, 0.2) is 54.6 Å². The summed E-state index contributed by atoms with van der Waals surface area (Å²) >= 11 is 0. The Labute approximate surface area is 116 Å². The van der Waals surface area contributed by atoms with Crippen LogP contribution in [0.4, 0.5) is 5.69 Å². The van der Waals surface area contributed by atoms with E-state index in [1.54, 1.807) is 48.5 Å². The number of esters is 1. The maximum absolute atomic E-state index is 11.7. The molecular weight excluding hydrogens is 258 g/mol. The van der Waals surface area contributed by atoms with Crippen LogP contribution in [0.1, 0.15) is 20.7 Å². The van der Waals surface area contributed by atoms with E-state index in [9.17, 15) is 9.59 Å². The molecule has 5 nitrogen and oxygen atoms in total. The van der Waals surface area contributed by atoms with Gasteiger partial charge in [-0.05, 0) is 36.4 Å². The van der Waals surface area contributed by atoms with Gasteiger partial charge in [-0.3, -0.25) is 0 Å². The van der Waals surface area contributed by atoms with Crippen LogP contribution in [-0.4, -0.2) is 19.0 Å². The molecule has 0 heterocycles. The highest BCUT2D eigenvalue weighted by molar-refractivity contribution is 5.90. The highest BCUT2D eigenvalue weighted by atomic mass is 16.7. The van der Waals surface area contributed by atoms with Crippen LogP contribution in [0.2, 0.25) is 0 Å². The molecule has 0 unspecified atom stereocenters. The van der Waals surface area contributed by atoms with E-state index < -0.39 is 11.9 Å². The molecule has 0 aliphatic heterocycles. The first-order valence-electron chi connectivity index (χ1n) is 5.91. The summed E-state index contributed by atoms with van der Waals surface area (Å²) < 4.78 is 4.59. The number of anilines is 1. The predicted octanol–water partition coefficient (Wildman–Crippen LogP) is 2.66. The average molecular weight is 271 g/mol.